The van der Waals surface area contributed by atoms with E-state index in [9.17, 15) is 14.4 Å². The zero-order valence-corrected chi connectivity index (χ0v) is 27.0. The molecular weight excluding hydrogens is 576 g/mol. The highest BCUT2D eigenvalue weighted by Gasteiger charge is 2.68. The van der Waals surface area contributed by atoms with E-state index in [0.29, 0.717) is 46.0 Å². The monoisotopic (exact) mass is 614 g/mol. The van der Waals surface area contributed by atoms with Crippen LogP contribution in [0.25, 0.3) is 10.9 Å². The second kappa shape index (κ2) is 10.1. The Morgan fingerprint density at radius 2 is 1.64 bits per heavy atom. The lowest BCUT2D eigenvalue weighted by Crippen LogP contribution is -2.41. The minimum absolute atomic E-state index is 0.272. The molecule has 0 radical (unpaired) electrons. The van der Waals surface area contributed by atoms with Crippen molar-refractivity contribution in [2.75, 3.05) is 17.3 Å². The number of nitrogens with zero attached hydrogens (tertiary/aromatic N) is 5. The summed E-state index contributed by atoms with van der Waals surface area (Å²) in [6.07, 6.45) is -0.884. The van der Waals surface area contributed by atoms with Crippen molar-refractivity contribution >= 4 is 46.3 Å². The Morgan fingerprint density at radius 1 is 0.956 bits per heavy atom. The van der Waals surface area contributed by atoms with E-state index < -0.39 is 28.8 Å². The predicted molar refractivity (Wildman–Crippen MR) is 168 cm³/mol. The second-order valence-electron chi connectivity index (χ2n) is 13.7. The van der Waals surface area contributed by atoms with Crippen molar-refractivity contribution in [2.24, 2.45) is 7.05 Å². The molecule has 2 aromatic heterocycles. The Labute approximate surface area is 261 Å². The quantitative estimate of drug-likeness (QED) is 0.281. The molecule has 1 fully saturated rings. The van der Waals surface area contributed by atoms with E-state index in [1.165, 1.54) is 4.68 Å². The molecule has 0 saturated heterocycles. The van der Waals surface area contributed by atoms with Gasteiger partial charge in [-0.15, -0.1) is 5.10 Å². The van der Waals surface area contributed by atoms with Gasteiger partial charge in [-0.1, -0.05) is 6.07 Å². The average Bonchev–Trinajstić information content (AvgIpc) is 3.37. The third-order valence-electron chi connectivity index (χ3n) is 7.97. The van der Waals surface area contributed by atoms with Gasteiger partial charge in [0.25, 0.3) is 0 Å². The van der Waals surface area contributed by atoms with Crippen LogP contribution >= 0.6 is 0 Å². The van der Waals surface area contributed by atoms with Crippen molar-refractivity contribution in [3.8, 4) is 5.75 Å². The van der Waals surface area contributed by atoms with Gasteiger partial charge < -0.3 is 19.5 Å². The van der Waals surface area contributed by atoms with Crippen molar-refractivity contribution in [1.29, 1.82) is 0 Å². The van der Waals surface area contributed by atoms with Crippen LogP contribution in [0.4, 0.5) is 26.9 Å². The molecule has 1 aliphatic heterocycles. The molecule has 12 nitrogen and oxygen atoms in total. The van der Waals surface area contributed by atoms with E-state index in [1.54, 1.807) is 65.5 Å². The maximum absolute atomic E-state index is 14.2. The maximum atomic E-state index is 14.2. The number of aromatic nitrogens is 4. The van der Waals surface area contributed by atoms with Crippen LogP contribution in [0.1, 0.15) is 70.7 Å². The summed E-state index contributed by atoms with van der Waals surface area (Å²) < 4.78 is 19.8. The van der Waals surface area contributed by atoms with Gasteiger partial charge in [0.05, 0.1) is 29.4 Å². The van der Waals surface area contributed by atoms with Gasteiger partial charge in [0.2, 0.25) is 5.91 Å². The Bertz CT molecular complexity index is 1880. The number of rotatable bonds is 4. The fourth-order valence-electron chi connectivity index (χ4n) is 6.04. The van der Waals surface area contributed by atoms with Crippen LogP contribution in [0, 0.1) is 6.92 Å². The van der Waals surface area contributed by atoms with Crippen LogP contribution in [0.2, 0.25) is 0 Å². The predicted octanol–water partition coefficient (Wildman–Crippen LogP) is 6.32. The lowest BCUT2D eigenvalue weighted by Gasteiger charge is -2.24. The van der Waals surface area contributed by atoms with Crippen LogP contribution in [-0.4, -0.2) is 56.0 Å². The molecular formula is C33H38N6O6. The van der Waals surface area contributed by atoms with Crippen molar-refractivity contribution in [1.82, 2.24) is 19.6 Å². The van der Waals surface area contributed by atoms with Gasteiger partial charge in [-0.05, 0) is 96.3 Å². The number of amides is 2. The van der Waals surface area contributed by atoms with Gasteiger partial charge in [0, 0.05) is 24.4 Å². The molecule has 1 saturated carbocycles. The van der Waals surface area contributed by atoms with Crippen LogP contribution in [0.15, 0.2) is 42.5 Å². The number of carbonyl (C=O) groups is 3. The topological polar surface area (TPSA) is 130 Å². The molecule has 0 unspecified atom stereocenters. The summed E-state index contributed by atoms with van der Waals surface area (Å²) in [7, 11) is 3.38. The summed E-state index contributed by atoms with van der Waals surface area (Å²) in [5.41, 5.74) is 0.841. The first-order chi connectivity index (χ1) is 21.0. The SMILES string of the molecule is COc1ccc2c(c1)[C@]1(C[C@H]1c1ccc3c(Nc4cc(C)nn4C)nn(C(=O)OC(C)(C)C)c3c1)C(=O)N2C(=O)OC(C)(C)C. The molecule has 45 heavy (non-hydrogen) atoms. The van der Waals surface area contributed by atoms with Gasteiger partial charge in [-0.2, -0.15) is 9.78 Å². The number of imide groups is 1. The fraction of sp³-hybridized carbons (Fsp3) is 0.424. The number of methoxy groups -OCH3 is 1. The second-order valence-corrected chi connectivity index (χ2v) is 13.7. The molecule has 2 aliphatic rings. The molecule has 3 heterocycles. The minimum atomic E-state index is -0.988. The summed E-state index contributed by atoms with van der Waals surface area (Å²) >= 11 is 0. The maximum Gasteiger partial charge on any atom is 0.435 e. The van der Waals surface area contributed by atoms with Gasteiger partial charge >= 0.3 is 12.2 Å². The Morgan fingerprint density at radius 3 is 2.27 bits per heavy atom. The molecule has 4 aromatic rings. The van der Waals surface area contributed by atoms with Gasteiger partial charge in [-0.25, -0.2) is 14.5 Å². The smallest absolute Gasteiger partial charge is 0.435 e. The highest BCUT2D eigenvalue weighted by atomic mass is 16.6. The van der Waals surface area contributed by atoms with E-state index >= 15 is 0 Å². The molecule has 1 N–H and O–H groups in total. The first-order valence-electron chi connectivity index (χ1n) is 14.8. The minimum Gasteiger partial charge on any atom is -0.497 e. The zero-order chi connectivity index (χ0) is 32.6. The normalized spacial score (nSPS) is 19.2. The molecule has 6 rings (SSSR count). The fourth-order valence-corrected chi connectivity index (χ4v) is 6.04. The first kappa shape index (κ1) is 30.2. The largest absolute Gasteiger partial charge is 0.497 e. The number of benzene rings is 2. The van der Waals surface area contributed by atoms with Crippen LogP contribution in [0.5, 0.6) is 5.75 Å². The number of ether oxygens (including phenoxy) is 3. The molecule has 2 aromatic carbocycles. The molecule has 1 aliphatic carbocycles. The van der Waals surface area contributed by atoms with E-state index in [0.717, 1.165) is 16.2 Å². The highest BCUT2D eigenvalue weighted by molar-refractivity contribution is 6.23. The van der Waals surface area contributed by atoms with E-state index in [4.69, 9.17) is 14.2 Å². The average molecular weight is 615 g/mol. The number of carbonyl (C=O) groups excluding carboxylic acids is 3. The lowest BCUT2D eigenvalue weighted by atomic mass is 9.91. The van der Waals surface area contributed by atoms with E-state index in [2.05, 4.69) is 15.5 Å². The number of hydrogen-bond donors (Lipinski definition) is 1. The molecule has 2 atom stereocenters. The summed E-state index contributed by atoms with van der Waals surface area (Å²) in [6.45, 7) is 12.6. The summed E-state index contributed by atoms with van der Waals surface area (Å²) in [5, 5.41) is 13.0. The number of nitrogens with one attached hydrogen (secondary N) is 1. The lowest BCUT2D eigenvalue weighted by molar-refractivity contribution is -0.120. The molecule has 0 bridgehead atoms. The Hall–Kier alpha value is -4.87. The van der Waals surface area contributed by atoms with E-state index in [-0.39, 0.29) is 11.8 Å². The van der Waals surface area contributed by atoms with Crippen molar-refractivity contribution in [2.45, 2.75) is 77.4 Å². The van der Waals surface area contributed by atoms with Crippen LogP contribution in [-0.2, 0) is 26.7 Å². The number of hydrogen-bond acceptors (Lipinski definition) is 9. The molecule has 2 amide bonds. The number of fused-ring (bicyclic) bond motifs is 3. The number of anilines is 3. The highest BCUT2D eigenvalue weighted by Crippen LogP contribution is 2.67. The van der Waals surface area contributed by atoms with Crippen molar-refractivity contribution in [3.63, 3.8) is 0 Å². The first-order valence-corrected chi connectivity index (χ1v) is 14.8. The van der Waals surface area contributed by atoms with E-state index in [1.807, 2.05) is 44.3 Å². The van der Waals surface area contributed by atoms with Crippen molar-refractivity contribution < 1.29 is 28.6 Å². The van der Waals surface area contributed by atoms with Gasteiger partial charge in [0.1, 0.15) is 22.8 Å². The van der Waals surface area contributed by atoms with Gasteiger partial charge in [-0.3, -0.25) is 9.48 Å². The third-order valence-corrected chi connectivity index (χ3v) is 7.97. The van der Waals surface area contributed by atoms with Crippen LogP contribution in [0.3, 0.4) is 0 Å². The molecule has 1 spiro atoms. The zero-order valence-electron chi connectivity index (χ0n) is 27.0. The number of aryl methyl sites for hydroxylation is 2. The standard InChI is InChI=1S/C33H38N6O6/c1-18-14-26(37(8)35-18)34-27-21-12-10-19(15-25(21)39(36-27)30(42)45-32(5,6)7)23-17-33(23)22-16-20(43-9)11-13-24(22)38(28(33)40)29(41)44-31(2,3)4/h10-16,23H,17H2,1-9H3,(H,34,36)/t23-,33-/m0/s1. The summed E-state index contributed by atoms with van der Waals surface area (Å²) in [5.74, 6) is 1.12. The Kier molecular flexibility index (Phi) is 6.76. The van der Waals surface area contributed by atoms with Crippen molar-refractivity contribution in [3.05, 3.63) is 59.3 Å². The summed E-state index contributed by atoms with van der Waals surface area (Å²) in [4.78, 5) is 42.0. The summed E-state index contributed by atoms with van der Waals surface area (Å²) in [6, 6.07) is 12.8. The molecule has 236 valence electrons. The Balaban J connectivity index is 1.43. The van der Waals surface area contributed by atoms with Crippen LogP contribution < -0.4 is 15.0 Å². The third kappa shape index (κ3) is 5.17. The molecule has 12 heteroatoms. The van der Waals surface area contributed by atoms with Gasteiger partial charge in [0.15, 0.2) is 5.82 Å².